The van der Waals surface area contributed by atoms with E-state index in [9.17, 15) is 4.79 Å². The van der Waals surface area contributed by atoms with E-state index in [0.29, 0.717) is 17.2 Å². The number of aromatic nitrogens is 1. The Morgan fingerprint density at radius 1 is 1.17 bits per heavy atom. The molecule has 1 aromatic carbocycles. The third kappa shape index (κ3) is 5.84. The Morgan fingerprint density at radius 3 is 2.45 bits per heavy atom. The summed E-state index contributed by atoms with van der Waals surface area (Å²) >= 11 is 3.15. The number of hydrogen-bond donors (Lipinski definition) is 1. The van der Waals surface area contributed by atoms with Crippen molar-refractivity contribution in [1.82, 2.24) is 0 Å². The molecule has 0 radical (unpaired) electrons. The van der Waals surface area contributed by atoms with Crippen molar-refractivity contribution < 1.29 is 31.1 Å². The molecule has 7 heteroatoms. The van der Waals surface area contributed by atoms with Crippen LogP contribution in [0.2, 0.25) is 0 Å². The zero-order valence-corrected chi connectivity index (χ0v) is 20.0. The second-order valence-corrected chi connectivity index (χ2v) is 8.97. The number of anilines is 1. The number of aryl methyl sites for hydroxylation is 3. The first-order valence-electron chi connectivity index (χ1n) is 9.25. The molecule has 0 amide bonds. The highest BCUT2D eigenvalue weighted by molar-refractivity contribution is 8.01. The molecule has 0 aliphatic carbocycles. The maximum Gasteiger partial charge on any atom is 0.350 e. The van der Waals surface area contributed by atoms with Gasteiger partial charge in [0.15, 0.2) is 12.4 Å². The van der Waals surface area contributed by atoms with E-state index >= 15 is 0 Å². The number of esters is 1. The molecule has 3 rings (SSSR count). The van der Waals surface area contributed by atoms with Crippen LogP contribution in [0.4, 0.5) is 5.69 Å². The molecule has 2 heterocycles. The summed E-state index contributed by atoms with van der Waals surface area (Å²) in [5, 5.41) is 0. The number of thioether (sulfide) groups is 1. The molecule has 0 spiro atoms. The Hall–Kier alpha value is -1.83. The maximum atomic E-state index is 12.4. The van der Waals surface area contributed by atoms with Gasteiger partial charge in [-0.3, -0.25) is 0 Å². The van der Waals surface area contributed by atoms with E-state index in [1.165, 1.54) is 16.9 Å². The molecule has 0 aliphatic rings. The van der Waals surface area contributed by atoms with Crippen molar-refractivity contribution in [3.05, 3.63) is 70.4 Å². The molecular formula is C22H25BrN2O2S2. The Labute approximate surface area is 190 Å². The van der Waals surface area contributed by atoms with E-state index in [4.69, 9.17) is 10.5 Å². The Balaban J connectivity index is 0.00000300. The standard InChI is InChI=1S/C22H24N2O2S2.BrH/c1-4-26-21(25)20-18(23)19(24-13-15(2)12-16(3)14-24)22(28-20)27-11-10-17-8-6-5-7-9-17;/h5-9,12-14H,4,10-11H2,1-3H3,(H-,23,25);1H. The summed E-state index contributed by atoms with van der Waals surface area (Å²) in [7, 11) is 0. The Kier molecular flexibility index (Phi) is 8.74. The van der Waals surface area contributed by atoms with Crippen LogP contribution >= 0.6 is 23.1 Å². The van der Waals surface area contributed by atoms with Crippen molar-refractivity contribution >= 4 is 34.8 Å². The average molecular weight is 493 g/mol. The first-order valence-corrected chi connectivity index (χ1v) is 11.1. The zero-order chi connectivity index (χ0) is 20.1. The van der Waals surface area contributed by atoms with E-state index in [1.54, 1.807) is 18.7 Å². The van der Waals surface area contributed by atoms with Gasteiger partial charge < -0.3 is 27.5 Å². The van der Waals surface area contributed by atoms with Crippen LogP contribution in [0.5, 0.6) is 0 Å². The molecule has 0 atom stereocenters. The van der Waals surface area contributed by atoms with E-state index in [2.05, 4.69) is 44.2 Å². The fraction of sp³-hybridized carbons (Fsp3) is 0.273. The number of ether oxygens (including phenoxy) is 1. The molecule has 0 aliphatic heterocycles. The van der Waals surface area contributed by atoms with Crippen LogP contribution in [0.15, 0.2) is 53.0 Å². The second-order valence-electron chi connectivity index (χ2n) is 6.58. The molecule has 2 N–H and O–H groups in total. The fourth-order valence-electron chi connectivity index (χ4n) is 3.05. The lowest BCUT2D eigenvalue weighted by molar-refractivity contribution is -0.597. The van der Waals surface area contributed by atoms with Crippen molar-refractivity contribution in [2.75, 3.05) is 18.1 Å². The predicted molar refractivity (Wildman–Crippen MR) is 117 cm³/mol. The van der Waals surface area contributed by atoms with Crippen molar-refractivity contribution in [3.8, 4) is 5.69 Å². The minimum absolute atomic E-state index is 0. The molecule has 0 unspecified atom stereocenters. The Bertz CT molecular complexity index is 954. The Morgan fingerprint density at radius 2 is 1.83 bits per heavy atom. The third-order valence-electron chi connectivity index (χ3n) is 4.21. The number of halogens is 1. The van der Waals surface area contributed by atoms with Crippen molar-refractivity contribution in [2.45, 2.75) is 31.4 Å². The summed E-state index contributed by atoms with van der Waals surface area (Å²) in [6, 6.07) is 12.5. The minimum atomic E-state index is -0.355. The summed E-state index contributed by atoms with van der Waals surface area (Å²) in [6.45, 7) is 6.25. The quantitative estimate of drug-likeness (QED) is 0.310. The normalized spacial score (nSPS) is 10.4. The number of nitrogens with two attached hydrogens (primary N) is 1. The smallest absolute Gasteiger partial charge is 0.350 e. The molecule has 0 fully saturated rings. The lowest BCUT2D eigenvalue weighted by Crippen LogP contribution is -3.00. The van der Waals surface area contributed by atoms with Crippen LogP contribution in [0.3, 0.4) is 0 Å². The maximum absolute atomic E-state index is 12.4. The summed E-state index contributed by atoms with van der Waals surface area (Å²) < 4.78 is 8.27. The number of pyridine rings is 1. The van der Waals surface area contributed by atoms with Crippen LogP contribution in [0.25, 0.3) is 5.69 Å². The average Bonchev–Trinajstić information content (AvgIpc) is 2.98. The number of hydrogen-bond acceptors (Lipinski definition) is 5. The summed E-state index contributed by atoms with van der Waals surface area (Å²) in [4.78, 5) is 12.9. The molecule has 0 saturated heterocycles. The van der Waals surface area contributed by atoms with Gasteiger partial charge >= 0.3 is 5.97 Å². The molecule has 0 bridgehead atoms. The second kappa shape index (κ2) is 10.8. The number of carbonyl (C=O) groups excluding carboxylic acids is 1. The van der Waals surface area contributed by atoms with Crippen LogP contribution in [-0.4, -0.2) is 18.3 Å². The van der Waals surface area contributed by atoms with Gasteiger partial charge in [-0.25, -0.2) is 4.79 Å². The molecule has 154 valence electrons. The number of carbonyl (C=O) groups is 1. The first-order chi connectivity index (χ1) is 13.5. The topological polar surface area (TPSA) is 56.2 Å². The van der Waals surface area contributed by atoms with Crippen LogP contribution in [-0.2, 0) is 11.2 Å². The van der Waals surface area contributed by atoms with E-state index in [-0.39, 0.29) is 23.0 Å². The van der Waals surface area contributed by atoms with Crippen molar-refractivity contribution in [2.24, 2.45) is 0 Å². The van der Waals surface area contributed by atoms with E-state index in [1.807, 2.05) is 23.0 Å². The monoisotopic (exact) mass is 492 g/mol. The van der Waals surface area contributed by atoms with E-state index < -0.39 is 0 Å². The largest absolute Gasteiger partial charge is 1.00 e. The molecule has 29 heavy (non-hydrogen) atoms. The van der Waals surface area contributed by atoms with Crippen LogP contribution < -0.4 is 27.3 Å². The summed E-state index contributed by atoms with van der Waals surface area (Å²) in [5.41, 5.74) is 11.4. The fourth-order valence-corrected chi connectivity index (χ4v) is 5.51. The first kappa shape index (κ1) is 23.4. The zero-order valence-electron chi connectivity index (χ0n) is 16.8. The number of rotatable bonds is 7. The highest BCUT2D eigenvalue weighted by atomic mass is 79.9. The molecule has 2 aromatic heterocycles. The molecule has 4 nitrogen and oxygen atoms in total. The van der Waals surface area contributed by atoms with Gasteiger partial charge in [0.25, 0.3) is 5.69 Å². The lowest BCUT2D eigenvalue weighted by Gasteiger charge is -2.03. The molecule has 0 saturated carbocycles. The highest BCUT2D eigenvalue weighted by Crippen LogP contribution is 2.39. The number of thiophene rings is 1. The van der Waals surface area contributed by atoms with Gasteiger partial charge in [-0.15, -0.1) is 23.1 Å². The van der Waals surface area contributed by atoms with Crippen molar-refractivity contribution in [3.63, 3.8) is 0 Å². The van der Waals surface area contributed by atoms with E-state index in [0.717, 1.165) is 33.2 Å². The van der Waals surface area contributed by atoms with Crippen LogP contribution in [0.1, 0.15) is 33.3 Å². The lowest BCUT2D eigenvalue weighted by atomic mass is 10.2. The van der Waals surface area contributed by atoms with Gasteiger partial charge in [0.05, 0.1) is 6.61 Å². The van der Waals surface area contributed by atoms with Gasteiger partial charge in [0, 0.05) is 16.9 Å². The van der Waals surface area contributed by atoms with Gasteiger partial charge in [-0.1, -0.05) is 30.3 Å². The van der Waals surface area contributed by atoms with Gasteiger partial charge in [-0.2, -0.15) is 4.57 Å². The predicted octanol–water partition coefficient (Wildman–Crippen LogP) is 1.74. The van der Waals surface area contributed by atoms with Gasteiger partial charge in [0.1, 0.15) is 14.8 Å². The minimum Gasteiger partial charge on any atom is -1.00 e. The van der Waals surface area contributed by atoms with Gasteiger partial charge in [-0.05, 0) is 38.8 Å². The highest BCUT2D eigenvalue weighted by Gasteiger charge is 2.29. The number of benzene rings is 1. The van der Waals surface area contributed by atoms with Gasteiger partial charge in [0.2, 0.25) is 0 Å². The summed E-state index contributed by atoms with van der Waals surface area (Å²) in [6.07, 6.45) is 5.04. The molecular weight excluding hydrogens is 468 g/mol. The molecule has 3 aromatic rings. The number of nitrogens with zero attached hydrogens (tertiary/aromatic N) is 1. The van der Waals surface area contributed by atoms with Crippen LogP contribution in [0, 0.1) is 13.8 Å². The number of nitrogen functional groups attached to an aromatic ring is 1. The summed E-state index contributed by atoms with van der Waals surface area (Å²) in [5.74, 6) is 0.552. The van der Waals surface area contributed by atoms with Crippen molar-refractivity contribution in [1.29, 1.82) is 0 Å². The third-order valence-corrected chi connectivity index (χ3v) is 6.65. The SMILES string of the molecule is CCOC(=O)c1sc(SCCc2ccccc2)c(-[n+]2cc(C)cc(C)c2)c1N.[Br-].